The molecule has 1 unspecified atom stereocenters. The lowest BCUT2D eigenvalue weighted by Crippen LogP contribution is -2.32. The first kappa shape index (κ1) is 14.0. The van der Waals surface area contributed by atoms with Crippen molar-refractivity contribution in [3.63, 3.8) is 0 Å². The molecule has 4 rings (SSSR count). The first-order chi connectivity index (χ1) is 10.9. The van der Waals surface area contributed by atoms with Crippen LogP contribution in [0.25, 0.3) is 11.0 Å². The third-order valence-corrected chi connectivity index (χ3v) is 5.11. The number of hydrogen-bond acceptors (Lipinski definition) is 2. The number of fused-ring (bicyclic) bond motifs is 1. The molecule has 2 heterocycles. The van der Waals surface area contributed by atoms with E-state index in [0.29, 0.717) is 5.92 Å². The maximum atomic E-state index is 5.00. The van der Waals surface area contributed by atoms with Gasteiger partial charge in [-0.15, -0.1) is 0 Å². The molecule has 22 heavy (non-hydrogen) atoms. The Hall–Kier alpha value is -1.61. The Bertz CT molecular complexity index is 664. The second kappa shape index (κ2) is 6.25. The minimum Gasteiger partial charge on any atom is -0.314 e. The number of piperidine rings is 1. The summed E-state index contributed by atoms with van der Waals surface area (Å²) in [4.78, 5) is 7.60. The number of para-hydroxylation sites is 2. The van der Waals surface area contributed by atoms with Gasteiger partial charge in [-0.05, 0) is 57.3 Å². The van der Waals surface area contributed by atoms with Crippen LogP contribution < -0.4 is 0 Å². The summed E-state index contributed by atoms with van der Waals surface area (Å²) in [7, 11) is 0. The van der Waals surface area contributed by atoms with Gasteiger partial charge in [0, 0.05) is 5.92 Å². The fraction of sp³-hybridized carbons (Fsp3) is 0.526. The topological polar surface area (TPSA) is 21.1 Å². The lowest BCUT2D eigenvalue weighted by atomic mass is 9.94. The molecule has 0 amide bonds. The van der Waals surface area contributed by atoms with Gasteiger partial charge in [-0.1, -0.05) is 30.7 Å². The molecule has 0 N–H and O–H groups in total. The predicted molar refractivity (Wildman–Crippen MR) is 90.9 cm³/mol. The summed E-state index contributed by atoms with van der Waals surface area (Å²) in [6.07, 6.45) is 12.3. The highest BCUT2D eigenvalue weighted by molar-refractivity contribution is 5.76. The quantitative estimate of drug-likeness (QED) is 0.787. The van der Waals surface area contributed by atoms with E-state index in [9.17, 15) is 0 Å². The molecule has 116 valence electrons. The van der Waals surface area contributed by atoms with E-state index in [4.69, 9.17) is 4.98 Å². The molecule has 0 radical (unpaired) electrons. The number of likely N-dealkylation sites (tertiary alicyclic amines) is 1. The van der Waals surface area contributed by atoms with Gasteiger partial charge in [0.2, 0.25) is 0 Å². The minimum absolute atomic E-state index is 0.585. The second-order valence-corrected chi connectivity index (χ2v) is 6.69. The van der Waals surface area contributed by atoms with Crippen molar-refractivity contribution in [2.24, 2.45) is 0 Å². The predicted octanol–water partition coefficient (Wildman–Crippen LogP) is 4.30. The van der Waals surface area contributed by atoms with Crippen molar-refractivity contribution in [2.75, 3.05) is 13.1 Å². The Balaban J connectivity index is 1.70. The van der Waals surface area contributed by atoms with E-state index in [1.54, 1.807) is 0 Å². The third kappa shape index (κ3) is 2.70. The molecule has 1 atom stereocenters. The molecule has 1 fully saturated rings. The molecule has 0 spiro atoms. The van der Waals surface area contributed by atoms with Crippen LogP contribution in [0.2, 0.25) is 0 Å². The Kier molecular flexibility index (Phi) is 3.98. The van der Waals surface area contributed by atoms with Crippen molar-refractivity contribution in [3.05, 3.63) is 42.2 Å². The summed E-state index contributed by atoms with van der Waals surface area (Å²) in [5.74, 6) is 1.89. The highest BCUT2D eigenvalue weighted by atomic mass is 15.3. The average Bonchev–Trinajstić information content (AvgIpc) is 2.95. The lowest BCUT2D eigenvalue weighted by molar-refractivity contribution is 0.181. The highest BCUT2D eigenvalue weighted by Crippen LogP contribution is 2.31. The molecular formula is C19H25N3. The van der Waals surface area contributed by atoms with Gasteiger partial charge in [-0.3, -0.25) is 4.90 Å². The third-order valence-electron chi connectivity index (χ3n) is 5.11. The zero-order chi connectivity index (χ0) is 14.8. The summed E-state index contributed by atoms with van der Waals surface area (Å²) in [5, 5.41) is 0. The van der Waals surface area contributed by atoms with Gasteiger partial charge in [-0.2, -0.15) is 0 Å². The van der Waals surface area contributed by atoms with Gasteiger partial charge in [0.05, 0.1) is 17.7 Å². The smallest absolute Gasteiger partial charge is 0.114 e. The molecule has 3 nitrogen and oxygen atoms in total. The second-order valence-electron chi connectivity index (χ2n) is 6.69. The van der Waals surface area contributed by atoms with Gasteiger partial charge in [0.15, 0.2) is 0 Å². The number of allylic oxidation sites excluding steroid dienone is 2. The first-order valence-electron chi connectivity index (χ1n) is 8.74. The van der Waals surface area contributed by atoms with E-state index in [1.807, 2.05) is 0 Å². The fourth-order valence-electron chi connectivity index (χ4n) is 3.88. The van der Waals surface area contributed by atoms with Crippen LogP contribution in [0.4, 0.5) is 0 Å². The van der Waals surface area contributed by atoms with Gasteiger partial charge < -0.3 is 4.57 Å². The number of imidazole rings is 1. The van der Waals surface area contributed by atoms with Gasteiger partial charge in [0.25, 0.3) is 0 Å². The van der Waals surface area contributed by atoms with Crippen LogP contribution in [-0.2, 0) is 6.67 Å². The standard InChI is InChI=1S/C19H25N3/c1-3-9-16(10-4-1)19-20-17-11-5-6-12-18(17)22(19)15-21-13-7-2-8-14-21/h1,3,5-6,11-12,16H,2,4,7-10,13-15H2. The monoisotopic (exact) mass is 295 g/mol. The van der Waals surface area contributed by atoms with Crippen molar-refractivity contribution in [2.45, 2.75) is 51.1 Å². The zero-order valence-corrected chi connectivity index (χ0v) is 13.2. The van der Waals surface area contributed by atoms with Crippen LogP contribution in [0.3, 0.4) is 0 Å². The number of aromatic nitrogens is 2. The molecule has 0 saturated carbocycles. The molecular weight excluding hydrogens is 270 g/mol. The van der Waals surface area contributed by atoms with E-state index in [2.05, 4.69) is 45.9 Å². The fourth-order valence-corrected chi connectivity index (χ4v) is 3.88. The van der Waals surface area contributed by atoms with Crippen molar-refractivity contribution in [1.29, 1.82) is 0 Å². The largest absolute Gasteiger partial charge is 0.314 e. The lowest BCUT2D eigenvalue weighted by Gasteiger charge is -2.29. The molecule has 1 aromatic heterocycles. The Morgan fingerprint density at radius 3 is 2.73 bits per heavy atom. The Labute approximate surface area is 132 Å². The average molecular weight is 295 g/mol. The SMILES string of the molecule is C1=CCC(c2nc3ccccc3n2CN2CCCCC2)CC1. The van der Waals surface area contributed by atoms with E-state index in [-0.39, 0.29) is 0 Å². The summed E-state index contributed by atoms with van der Waals surface area (Å²) in [5.41, 5.74) is 2.46. The van der Waals surface area contributed by atoms with Crippen LogP contribution in [0.5, 0.6) is 0 Å². The van der Waals surface area contributed by atoms with Gasteiger partial charge in [0.1, 0.15) is 5.82 Å². The molecule has 1 aliphatic carbocycles. The molecule has 2 aromatic rings. The minimum atomic E-state index is 0.585. The zero-order valence-electron chi connectivity index (χ0n) is 13.2. The summed E-state index contributed by atoms with van der Waals surface area (Å²) in [6.45, 7) is 3.48. The van der Waals surface area contributed by atoms with E-state index >= 15 is 0 Å². The highest BCUT2D eigenvalue weighted by Gasteiger charge is 2.22. The van der Waals surface area contributed by atoms with Crippen molar-refractivity contribution in [1.82, 2.24) is 14.5 Å². The number of rotatable bonds is 3. The normalized spacial score (nSPS) is 23.2. The number of hydrogen-bond donors (Lipinski definition) is 0. The first-order valence-corrected chi connectivity index (χ1v) is 8.74. The molecule has 3 heteroatoms. The molecule has 1 aromatic carbocycles. The molecule has 0 bridgehead atoms. The maximum absolute atomic E-state index is 5.00. The molecule has 1 aliphatic heterocycles. The van der Waals surface area contributed by atoms with E-state index < -0.39 is 0 Å². The van der Waals surface area contributed by atoms with E-state index in [1.165, 1.54) is 56.5 Å². The van der Waals surface area contributed by atoms with Crippen LogP contribution in [0.15, 0.2) is 36.4 Å². The van der Waals surface area contributed by atoms with Crippen molar-refractivity contribution < 1.29 is 0 Å². The van der Waals surface area contributed by atoms with Crippen molar-refractivity contribution in [3.8, 4) is 0 Å². The van der Waals surface area contributed by atoms with Gasteiger partial charge >= 0.3 is 0 Å². The Morgan fingerprint density at radius 2 is 1.91 bits per heavy atom. The van der Waals surface area contributed by atoms with Gasteiger partial charge in [-0.25, -0.2) is 4.98 Å². The van der Waals surface area contributed by atoms with Crippen LogP contribution in [0, 0.1) is 0 Å². The van der Waals surface area contributed by atoms with Crippen LogP contribution in [0.1, 0.15) is 50.3 Å². The van der Waals surface area contributed by atoms with Crippen molar-refractivity contribution >= 4 is 11.0 Å². The number of benzene rings is 1. The van der Waals surface area contributed by atoms with E-state index in [0.717, 1.165) is 18.6 Å². The Morgan fingerprint density at radius 1 is 1.05 bits per heavy atom. The van der Waals surface area contributed by atoms with Crippen LogP contribution >= 0.6 is 0 Å². The molecule has 1 saturated heterocycles. The summed E-state index contributed by atoms with van der Waals surface area (Å²) in [6, 6.07) is 8.63. The number of nitrogens with zero attached hydrogens (tertiary/aromatic N) is 3. The summed E-state index contributed by atoms with van der Waals surface area (Å²) < 4.78 is 2.49. The maximum Gasteiger partial charge on any atom is 0.114 e. The van der Waals surface area contributed by atoms with Crippen LogP contribution in [-0.4, -0.2) is 27.5 Å². The summed E-state index contributed by atoms with van der Waals surface area (Å²) >= 11 is 0. The molecule has 2 aliphatic rings.